The minimum absolute atomic E-state index is 0.0356. The number of esters is 1. The second kappa shape index (κ2) is 7.80. The molecule has 0 aliphatic heterocycles. The molecule has 1 aromatic rings. The van der Waals surface area contributed by atoms with Crippen LogP contribution in [-0.4, -0.2) is 34.7 Å². The first-order valence-electron chi connectivity index (χ1n) is 8.02. The number of rotatable bonds is 8. The Balaban J connectivity index is 2.91. The van der Waals surface area contributed by atoms with Gasteiger partial charge in [-0.1, -0.05) is 20.8 Å². The molecule has 0 spiro atoms. The van der Waals surface area contributed by atoms with Crippen molar-refractivity contribution in [1.82, 2.24) is 0 Å². The van der Waals surface area contributed by atoms with Crippen molar-refractivity contribution in [1.29, 1.82) is 0 Å². The van der Waals surface area contributed by atoms with Gasteiger partial charge in [0.15, 0.2) is 6.10 Å². The van der Waals surface area contributed by atoms with Crippen molar-refractivity contribution >= 4 is 11.9 Å². The Morgan fingerprint density at radius 2 is 1.68 bits per heavy atom. The smallest absolute Gasteiger partial charge is 0.378 e. The molecule has 0 saturated carbocycles. The van der Waals surface area contributed by atoms with Gasteiger partial charge in [-0.2, -0.15) is 8.78 Å². The number of halogens is 2. The normalized spacial score (nSPS) is 13.4. The monoisotopic (exact) mass is 358 g/mol. The second-order valence-electron chi connectivity index (χ2n) is 6.74. The molecular weight excluding hydrogens is 334 g/mol. The fraction of sp³-hybridized carbons (Fsp3) is 0.556. The topological polar surface area (TPSA) is 72.8 Å². The summed E-state index contributed by atoms with van der Waals surface area (Å²) in [6.07, 6.45) is -1.29. The zero-order valence-corrected chi connectivity index (χ0v) is 15.0. The summed E-state index contributed by atoms with van der Waals surface area (Å²) in [7, 11) is 0. The zero-order valence-electron chi connectivity index (χ0n) is 15.0. The van der Waals surface area contributed by atoms with Gasteiger partial charge in [-0.25, -0.2) is 9.59 Å². The summed E-state index contributed by atoms with van der Waals surface area (Å²) in [5, 5.41) is 8.65. The first-order valence-corrected chi connectivity index (χ1v) is 8.02. The molecule has 0 radical (unpaired) electrons. The Morgan fingerprint density at radius 3 is 2.08 bits per heavy atom. The summed E-state index contributed by atoms with van der Waals surface area (Å²) < 4.78 is 38.0. The molecule has 5 nitrogen and oxygen atoms in total. The van der Waals surface area contributed by atoms with Gasteiger partial charge in [-0.15, -0.1) is 0 Å². The maximum Gasteiger partial charge on any atom is 0.378 e. The number of ether oxygens (including phenoxy) is 2. The van der Waals surface area contributed by atoms with E-state index in [-0.39, 0.29) is 11.2 Å². The number of aliphatic carboxylic acids is 1. The van der Waals surface area contributed by atoms with Gasteiger partial charge in [0.05, 0.1) is 5.56 Å². The van der Waals surface area contributed by atoms with Crippen LogP contribution in [-0.2, 0) is 9.53 Å². The van der Waals surface area contributed by atoms with E-state index in [2.05, 4.69) is 0 Å². The van der Waals surface area contributed by atoms with E-state index >= 15 is 0 Å². The maximum atomic E-state index is 13.7. The number of carbonyl (C=O) groups excluding carboxylic acids is 1. The zero-order chi connectivity index (χ0) is 19.4. The average Bonchev–Trinajstić information content (AvgIpc) is 2.52. The predicted octanol–water partition coefficient (Wildman–Crippen LogP) is 4.16. The highest BCUT2D eigenvalue weighted by molar-refractivity contribution is 5.90. The van der Waals surface area contributed by atoms with Gasteiger partial charge in [0, 0.05) is 0 Å². The maximum absolute atomic E-state index is 13.7. The molecule has 1 N–H and O–H groups in total. The molecule has 0 saturated heterocycles. The highest BCUT2D eigenvalue weighted by Crippen LogP contribution is 2.29. The highest BCUT2D eigenvalue weighted by Gasteiger charge is 2.51. The van der Waals surface area contributed by atoms with Gasteiger partial charge in [-0.3, -0.25) is 0 Å². The van der Waals surface area contributed by atoms with E-state index in [0.29, 0.717) is 5.75 Å². The summed E-state index contributed by atoms with van der Waals surface area (Å²) in [4.78, 5) is 22.8. The fourth-order valence-electron chi connectivity index (χ4n) is 1.98. The quantitative estimate of drug-likeness (QED) is 0.707. The van der Waals surface area contributed by atoms with Gasteiger partial charge < -0.3 is 14.6 Å². The molecule has 140 valence electrons. The first-order chi connectivity index (χ1) is 11.4. The number of carboxylic acid groups (broad SMARTS) is 1. The predicted molar refractivity (Wildman–Crippen MR) is 88.1 cm³/mol. The van der Waals surface area contributed by atoms with Gasteiger partial charge in [0.2, 0.25) is 0 Å². The highest BCUT2D eigenvalue weighted by atomic mass is 19.3. The molecular formula is C18H24F2O5. The van der Waals surface area contributed by atoms with Crippen molar-refractivity contribution in [2.45, 2.75) is 58.7 Å². The third-order valence-corrected chi connectivity index (χ3v) is 3.82. The SMILES string of the molecule is CCC(C)(C)Oc1ccc(C(=O)OC(C(C)C)C(F)(F)C(=O)O)cc1. The molecule has 0 amide bonds. The summed E-state index contributed by atoms with van der Waals surface area (Å²) in [5.74, 6) is -7.86. The lowest BCUT2D eigenvalue weighted by Crippen LogP contribution is -2.47. The standard InChI is InChI=1S/C18H24F2O5/c1-6-17(4,5)25-13-9-7-12(8-10-13)15(21)24-14(11(2)3)18(19,20)16(22)23/h7-11,14H,6H2,1-5H3,(H,22,23). The molecule has 0 aliphatic rings. The Morgan fingerprint density at radius 1 is 1.16 bits per heavy atom. The largest absolute Gasteiger partial charge is 0.488 e. The van der Waals surface area contributed by atoms with Crippen LogP contribution in [0.15, 0.2) is 24.3 Å². The van der Waals surface area contributed by atoms with Crippen molar-refractivity contribution in [2.24, 2.45) is 5.92 Å². The Hall–Kier alpha value is -2.18. The lowest BCUT2D eigenvalue weighted by atomic mass is 10.0. The van der Waals surface area contributed by atoms with E-state index in [9.17, 15) is 18.4 Å². The summed E-state index contributed by atoms with van der Waals surface area (Å²) in [6.45, 7) is 8.52. The minimum Gasteiger partial charge on any atom is -0.488 e. The number of alkyl halides is 2. The Labute approximate surface area is 145 Å². The van der Waals surface area contributed by atoms with Gasteiger partial charge in [0.25, 0.3) is 0 Å². The summed E-state index contributed by atoms with van der Waals surface area (Å²) in [6, 6.07) is 5.85. The van der Waals surface area contributed by atoms with Crippen LogP contribution in [0.5, 0.6) is 5.75 Å². The van der Waals surface area contributed by atoms with Gasteiger partial charge in [-0.05, 0) is 50.5 Å². The molecule has 1 aromatic carbocycles. The van der Waals surface area contributed by atoms with Gasteiger partial charge >= 0.3 is 17.9 Å². The lowest BCUT2D eigenvalue weighted by molar-refractivity contribution is -0.187. The molecule has 1 rings (SSSR count). The van der Waals surface area contributed by atoms with Crippen molar-refractivity contribution in [3.8, 4) is 5.75 Å². The van der Waals surface area contributed by atoms with Crippen molar-refractivity contribution in [2.75, 3.05) is 0 Å². The molecule has 0 heterocycles. The molecule has 0 fully saturated rings. The summed E-state index contributed by atoms with van der Waals surface area (Å²) in [5.41, 5.74) is -0.345. The number of carbonyl (C=O) groups is 2. The fourth-order valence-corrected chi connectivity index (χ4v) is 1.98. The van der Waals surface area contributed by atoms with Crippen LogP contribution in [0, 0.1) is 5.92 Å². The molecule has 7 heteroatoms. The van der Waals surface area contributed by atoms with Crippen LogP contribution in [0.4, 0.5) is 8.78 Å². The van der Waals surface area contributed by atoms with E-state index in [0.717, 1.165) is 6.42 Å². The number of carboxylic acids is 1. The van der Waals surface area contributed by atoms with Crippen LogP contribution < -0.4 is 4.74 Å². The average molecular weight is 358 g/mol. The van der Waals surface area contributed by atoms with E-state index in [4.69, 9.17) is 14.6 Å². The van der Waals surface area contributed by atoms with E-state index in [1.165, 1.54) is 38.1 Å². The number of benzene rings is 1. The van der Waals surface area contributed by atoms with E-state index in [1.807, 2.05) is 20.8 Å². The second-order valence-corrected chi connectivity index (χ2v) is 6.74. The molecule has 25 heavy (non-hydrogen) atoms. The molecule has 0 aliphatic carbocycles. The lowest BCUT2D eigenvalue weighted by Gasteiger charge is -2.27. The Kier molecular flexibility index (Phi) is 6.51. The molecule has 1 unspecified atom stereocenters. The number of hydrogen-bond donors (Lipinski definition) is 1. The third kappa shape index (κ3) is 5.41. The van der Waals surface area contributed by atoms with Crippen molar-refractivity contribution in [3.05, 3.63) is 29.8 Å². The third-order valence-electron chi connectivity index (χ3n) is 3.82. The van der Waals surface area contributed by atoms with Crippen LogP contribution in [0.3, 0.4) is 0 Å². The molecule has 0 bridgehead atoms. The number of hydrogen-bond acceptors (Lipinski definition) is 4. The molecule has 1 atom stereocenters. The van der Waals surface area contributed by atoms with Gasteiger partial charge in [0.1, 0.15) is 11.4 Å². The van der Waals surface area contributed by atoms with Crippen molar-refractivity contribution in [3.63, 3.8) is 0 Å². The summed E-state index contributed by atoms with van der Waals surface area (Å²) >= 11 is 0. The van der Waals surface area contributed by atoms with Crippen LogP contribution in [0.1, 0.15) is 51.4 Å². The van der Waals surface area contributed by atoms with E-state index in [1.54, 1.807) is 0 Å². The van der Waals surface area contributed by atoms with Crippen LogP contribution >= 0.6 is 0 Å². The van der Waals surface area contributed by atoms with Crippen LogP contribution in [0.2, 0.25) is 0 Å². The Bertz CT molecular complexity index is 608. The van der Waals surface area contributed by atoms with E-state index < -0.39 is 29.9 Å². The molecule has 0 aromatic heterocycles. The minimum atomic E-state index is -4.17. The first kappa shape index (κ1) is 20.9. The van der Waals surface area contributed by atoms with Crippen LogP contribution in [0.25, 0.3) is 0 Å². The van der Waals surface area contributed by atoms with Crippen molar-refractivity contribution < 1.29 is 33.0 Å².